The molecule has 0 N–H and O–H groups in total. The first kappa shape index (κ1) is 17.4. The molecule has 2 nitrogen and oxygen atoms in total. The number of halogens is 1. The van der Waals surface area contributed by atoms with Crippen molar-refractivity contribution in [3.8, 4) is 0 Å². The molecule has 1 unspecified atom stereocenters. The van der Waals surface area contributed by atoms with Gasteiger partial charge in [-0.25, -0.2) is 0 Å². The quantitative estimate of drug-likeness (QED) is 0.692. The molecule has 1 aliphatic heterocycles. The Morgan fingerprint density at radius 1 is 1.15 bits per heavy atom. The number of carbonyl (C=O) groups excluding carboxylic acids is 1. The van der Waals surface area contributed by atoms with Crippen LogP contribution in [0.2, 0.25) is 5.02 Å². The van der Waals surface area contributed by atoms with Crippen molar-refractivity contribution in [2.75, 3.05) is 6.54 Å². The number of carbonyl (C=O) groups is 1. The van der Waals surface area contributed by atoms with E-state index in [1.165, 1.54) is 22.3 Å². The van der Waals surface area contributed by atoms with Gasteiger partial charge in [-0.15, -0.1) is 0 Å². The summed E-state index contributed by atoms with van der Waals surface area (Å²) in [4.78, 5) is 15.3. The fourth-order valence-electron chi connectivity index (χ4n) is 4.36. The maximum absolute atomic E-state index is 13.2. The first-order valence-corrected chi connectivity index (χ1v) is 9.79. The van der Waals surface area contributed by atoms with Gasteiger partial charge in [0.2, 0.25) is 0 Å². The molecule has 134 valence electrons. The Bertz CT molecular complexity index is 866. The van der Waals surface area contributed by atoms with Crippen LogP contribution < -0.4 is 0 Å². The second-order valence-electron chi connectivity index (χ2n) is 7.74. The van der Waals surface area contributed by atoms with E-state index in [1.54, 1.807) is 12.1 Å². The molecular formula is C23H24ClNO. The van der Waals surface area contributed by atoms with Gasteiger partial charge < -0.3 is 4.90 Å². The number of hydrogen-bond donors (Lipinski definition) is 0. The van der Waals surface area contributed by atoms with Crippen LogP contribution in [-0.2, 0) is 6.42 Å². The third-order valence-electron chi connectivity index (χ3n) is 5.54. The summed E-state index contributed by atoms with van der Waals surface area (Å²) in [5.41, 5.74) is 6.46. The molecule has 3 heteroatoms. The molecule has 1 atom stereocenters. The molecule has 4 rings (SSSR count). The molecule has 0 aromatic heterocycles. The van der Waals surface area contributed by atoms with Crippen LogP contribution in [-0.4, -0.2) is 23.4 Å². The molecule has 0 spiro atoms. The normalized spacial score (nSPS) is 18.9. The van der Waals surface area contributed by atoms with Gasteiger partial charge in [0.15, 0.2) is 0 Å². The molecule has 2 aliphatic rings. The van der Waals surface area contributed by atoms with Crippen LogP contribution in [0.5, 0.6) is 0 Å². The molecule has 2 aromatic rings. The smallest absolute Gasteiger partial charge is 0.254 e. The van der Waals surface area contributed by atoms with Crippen LogP contribution in [0.15, 0.2) is 54.1 Å². The van der Waals surface area contributed by atoms with E-state index in [0.717, 1.165) is 31.4 Å². The summed E-state index contributed by atoms with van der Waals surface area (Å²) in [6.45, 7) is 5.26. The van der Waals surface area contributed by atoms with Gasteiger partial charge in [0, 0.05) is 17.1 Å². The third kappa shape index (κ3) is 3.07. The fraction of sp³-hybridized carbons (Fsp3) is 0.348. The van der Waals surface area contributed by atoms with Crippen molar-refractivity contribution >= 4 is 23.1 Å². The summed E-state index contributed by atoms with van der Waals surface area (Å²) < 4.78 is 0. The second kappa shape index (κ2) is 6.92. The second-order valence-corrected chi connectivity index (χ2v) is 8.17. The Kier molecular flexibility index (Phi) is 4.62. The number of amides is 1. The highest BCUT2D eigenvalue weighted by Crippen LogP contribution is 2.42. The average molecular weight is 366 g/mol. The highest BCUT2D eigenvalue weighted by atomic mass is 35.5. The first-order valence-electron chi connectivity index (χ1n) is 9.41. The molecule has 1 heterocycles. The van der Waals surface area contributed by atoms with Crippen molar-refractivity contribution in [2.45, 2.75) is 39.2 Å². The van der Waals surface area contributed by atoms with Crippen molar-refractivity contribution in [2.24, 2.45) is 5.92 Å². The Morgan fingerprint density at radius 3 is 2.62 bits per heavy atom. The number of nitrogens with zero attached hydrogens (tertiary/aromatic N) is 1. The van der Waals surface area contributed by atoms with Gasteiger partial charge in [-0.05, 0) is 71.7 Å². The van der Waals surface area contributed by atoms with E-state index in [1.807, 2.05) is 12.1 Å². The summed E-state index contributed by atoms with van der Waals surface area (Å²) in [7, 11) is 0. The highest BCUT2D eigenvalue weighted by Gasteiger charge is 2.37. The van der Waals surface area contributed by atoms with Crippen molar-refractivity contribution in [1.82, 2.24) is 4.90 Å². The lowest BCUT2D eigenvalue weighted by Gasteiger charge is -2.38. The van der Waals surface area contributed by atoms with Gasteiger partial charge in [-0.2, -0.15) is 0 Å². The number of rotatable bonds is 3. The zero-order valence-electron chi connectivity index (χ0n) is 15.3. The third-order valence-corrected chi connectivity index (χ3v) is 5.79. The predicted octanol–water partition coefficient (Wildman–Crippen LogP) is 5.61. The van der Waals surface area contributed by atoms with Gasteiger partial charge in [0.25, 0.3) is 5.91 Å². The molecule has 2 aromatic carbocycles. The standard InChI is InChI=1S/C23H24ClNO/c1-15(2)13-22-21-14-17-5-3-4-6-19(17)20(21)11-12-25(22)23(26)16-7-9-18(24)10-8-16/h3-10,15,22H,11-14H2,1-2H3. The van der Waals surface area contributed by atoms with Crippen LogP contribution in [0.3, 0.4) is 0 Å². The Hall–Kier alpha value is -2.06. The van der Waals surface area contributed by atoms with E-state index in [0.29, 0.717) is 10.9 Å². The van der Waals surface area contributed by atoms with Gasteiger partial charge in [-0.1, -0.05) is 49.7 Å². The van der Waals surface area contributed by atoms with Crippen LogP contribution in [0.4, 0.5) is 0 Å². The number of fused-ring (bicyclic) bond motifs is 2. The average Bonchev–Trinajstić information content (AvgIpc) is 3.01. The molecule has 1 aliphatic carbocycles. The number of hydrogen-bond acceptors (Lipinski definition) is 1. The van der Waals surface area contributed by atoms with Gasteiger partial charge in [0.1, 0.15) is 0 Å². The summed E-state index contributed by atoms with van der Waals surface area (Å²) in [6, 6.07) is 16.2. The minimum absolute atomic E-state index is 0.120. The lowest BCUT2D eigenvalue weighted by atomic mass is 9.87. The maximum Gasteiger partial charge on any atom is 0.254 e. The lowest BCUT2D eigenvalue weighted by Crippen LogP contribution is -2.45. The topological polar surface area (TPSA) is 20.3 Å². The summed E-state index contributed by atoms with van der Waals surface area (Å²) >= 11 is 5.99. The number of benzene rings is 2. The van der Waals surface area contributed by atoms with Crippen LogP contribution >= 0.6 is 11.6 Å². The maximum atomic E-state index is 13.2. The van der Waals surface area contributed by atoms with Crippen molar-refractivity contribution < 1.29 is 4.79 Å². The van der Waals surface area contributed by atoms with Gasteiger partial charge in [0.05, 0.1) is 6.04 Å². The minimum Gasteiger partial charge on any atom is -0.332 e. The van der Waals surface area contributed by atoms with Crippen molar-refractivity contribution in [3.05, 3.63) is 75.8 Å². The predicted molar refractivity (Wildman–Crippen MR) is 107 cm³/mol. The lowest BCUT2D eigenvalue weighted by molar-refractivity contribution is 0.0681. The summed E-state index contributed by atoms with van der Waals surface area (Å²) in [5.74, 6) is 0.658. The zero-order valence-corrected chi connectivity index (χ0v) is 16.1. The molecule has 0 saturated carbocycles. The van der Waals surface area contributed by atoms with Crippen LogP contribution in [0.25, 0.3) is 5.57 Å². The van der Waals surface area contributed by atoms with Crippen LogP contribution in [0, 0.1) is 5.92 Å². The molecule has 0 fully saturated rings. The molecule has 0 radical (unpaired) electrons. The SMILES string of the molecule is CC(C)CC1C2=C(CCN1C(=O)c1ccc(Cl)cc1)c1ccccc1C2. The van der Waals surface area contributed by atoms with E-state index in [4.69, 9.17) is 11.6 Å². The summed E-state index contributed by atoms with van der Waals surface area (Å²) in [5, 5.41) is 0.662. The molecule has 1 amide bonds. The van der Waals surface area contributed by atoms with Crippen molar-refractivity contribution in [3.63, 3.8) is 0 Å². The molecule has 0 bridgehead atoms. The highest BCUT2D eigenvalue weighted by molar-refractivity contribution is 6.30. The van der Waals surface area contributed by atoms with E-state index in [9.17, 15) is 4.79 Å². The van der Waals surface area contributed by atoms with Gasteiger partial charge >= 0.3 is 0 Å². The Balaban J connectivity index is 1.69. The van der Waals surface area contributed by atoms with Crippen molar-refractivity contribution in [1.29, 1.82) is 0 Å². The fourth-order valence-corrected chi connectivity index (χ4v) is 4.49. The molecule has 26 heavy (non-hydrogen) atoms. The first-order chi connectivity index (χ1) is 12.5. The summed E-state index contributed by atoms with van der Waals surface area (Å²) in [6.07, 6.45) is 2.93. The zero-order chi connectivity index (χ0) is 18.3. The van der Waals surface area contributed by atoms with E-state index in [2.05, 4.69) is 43.0 Å². The Morgan fingerprint density at radius 2 is 1.88 bits per heavy atom. The van der Waals surface area contributed by atoms with E-state index < -0.39 is 0 Å². The van der Waals surface area contributed by atoms with Gasteiger partial charge in [-0.3, -0.25) is 4.79 Å². The van der Waals surface area contributed by atoms with E-state index in [-0.39, 0.29) is 11.9 Å². The molecule has 0 saturated heterocycles. The largest absolute Gasteiger partial charge is 0.332 e. The monoisotopic (exact) mass is 365 g/mol. The minimum atomic E-state index is 0.120. The molecular weight excluding hydrogens is 342 g/mol. The Labute approximate surface area is 160 Å². The van der Waals surface area contributed by atoms with E-state index >= 15 is 0 Å². The van der Waals surface area contributed by atoms with Crippen LogP contribution in [0.1, 0.15) is 48.2 Å².